The zero-order valence-electron chi connectivity index (χ0n) is 16.2. The normalized spacial score (nSPS) is 10.4. The molecule has 0 spiro atoms. The molecule has 0 atom stereocenters. The number of anilines is 3. The number of ketones is 1. The molecule has 5 nitrogen and oxygen atoms in total. The SMILES string of the molecule is CCc1cccc(C)c1NC(=O)c1cc(Nc2ccc(C(C)=O)cc2)ccn1. The van der Waals surface area contributed by atoms with E-state index in [-0.39, 0.29) is 11.7 Å². The second kappa shape index (κ2) is 8.48. The number of nitrogens with one attached hydrogen (secondary N) is 2. The van der Waals surface area contributed by atoms with Crippen molar-refractivity contribution in [3.63, 3.8) is 0 Å². The molecule has 0 radical (unpaired) electrons. The number of para-hydroxylation sites is 1. The molecular weight excluding hydrogens is 350 g/mol. The van der Waals surface area contributed by atoms with Crippen LogP contribution in [0.5, 0.6) is 0 Å². The van der Waals surface area contributed by atoms with Gasteiger partial charge in [-0.3, -0.25) is 14.6 Å². The first kappa shape index (κ1) is 19.3. The number of carbonyl (C=O) groups excluding carboxylic acids is 2. The number of nitrogens with zero attached hydrogens (tertiary/aromatic N) is 1. The average Bonchev–Trinajstić information content (AvgIpc) is 2.70. The summed E-state index contributed by atoms with van der Waals surface area (Å²) in [5, 5.41) is 6.22. The van der Waals surface area contributed by atoms with Gasteiger partial charge in [0.1, 0.15) is 5.69 Å². The van der Waals surface area contributed by atoms with Crippen LogP contribution in [0.2, 0.25) is 0 Å². The fraction of sp³-hybridized carbons (Fsp3) is 0.174. The van der Waals surface area contributed by atoms with Crippen LogP contribution in [0.15, 0.2) is 60.8 Å². The predicted molar refractivity (Wildman–Crippen MR) is 112 cm³/mol. The zero-order chi connectivity index (χ0) is 20.1. The maximum Gasteiger partial charge on any atom is 0.274 e. The van der Waals surface area contributed by atoms with Gasteiger partial charge in [0.2, 0.25) is 0 Å². The van der Waals surface area contributed by atoms with Gasteiger partial charge >= 0.3 is 0 Å². The summed E-state index contributed by atoms with van der Waals surface area (Å²) < 4.78 is 0. The van der Waals surface area contributed by atoms with Crippen LogP contribution in [0.1, 0.15) is 45.8 Å². The maximum atomic E-state index is 12.7. The predicted octanol–water partition coefficient (Wildman–Crippen LogP) is 5.15. The van der Waals surface area contributed by atoms with Crippen LogP contribution < -0.4 is 10.6 Å². The molecule has 2 aromatic carbocycles. The molecule has 0 fully saturated rings. The first-order chi connectivity index (χ1) is 13.5. The van der Waals surface area contributed by atoms with Gasteiger partial charge in [-0.2, -0.15) is 0 Å². The van der Waals surface area contributed by atoms with Crippen LogP contribution in [0.4, 0.5) is 17.1 Å². The van der Waals surface area contributed by atoms with Crippen LogP contribution >= 0.6 is 0 Å². The van der Waals surface area contributed by atoms with Crippen LogP contribution in [-0.2, 0) is 6.42 Å². The lowest BCUT2D eigenvalue weighted by Crippen LogP contribution is -2.16. The summed E-state index contributed by atoms with van der Waals surface area (Å²) in [5.41, 5.74) is 5.52. The fourth-order valence-corrected chi connectivity index (χ4v) is 2.97. The minimum Gasteiger partial charge on any atom is -0.355 e. The molecule has 0 bridgehead atoms. The Hall–Kier alpha value is -3.47. The third-order valence-electron chi connectivity index (χ3n) is 4.55. The van der Waals surface area contributed by atoms with E-state index in [1.807, 2.05) is 37.3 Å². The van der Waals surface area contributed by atoms with Gasteiger partial charge in [0.25, 0.3) is 5.91 Å². The molecule has 3 aromatic rings. The highest BCUT2D eigenvalue weighted by atomic mass is 16.2. The molecule has 2 N–H and O–H groups in total. The molecule has 142 valence electrons. The van der Waals surface area contributed by atoms with Gasteiger partial charge in [-0.05, 0) is 67.8 Å². The molecule has 0 aliphatic carbocycles. The van der Waals surface area contributed by atoms with Crippen LogP contribution in [0, 0.1) is 6.92 Å². The van der Waals surface area contributed by atoms with E-state index in [1.165, 1.54) is 6.92 Å². The lowest BCUT2D eigenvalue weighted by molar-refractivity contribution is 0.101. The molecule has 0 unspecified atom stereocenters. The highest BCUT2D eigenvalue weighted by Gasteiger charge is 2.12. The summed E-state index contributed by atoms with van der Waals surface area (Å²) >= 11 is 0. The first-order valence-electron chi connectivity index (χ1n) is 9.22. The van der Waals surface area contributed by atoms with Crippen molar-refractivity contribution in [3.8, 4) is 0 Å². The number of hydrogen-bond acceptors (Lipinski definition) is 4. The number of aryl methyl sites for hydroxylation is 2. The summed E-state index contributed by atoms with van der Waals surface area (Å²) in [6, 6.07) is 16.7. The number of aromatic nitrogens is 1. The van der Waals surface area contributed by atoms with E-state index in [4.69, 9.17) is 0 Å². The average molecular weight is 373 g/mol. The Bertz CT molecular complexity index is 1010. The smallest absolute Gasteiger partial charge is 0.274 e. The van der Waals surface area contributed by atoms with Crippen molar-refractivity contribution in [3.05, 3.63) is 83.2 Å². The van der Waals surface area contributed by atoms with E-state index in [9.17, 15) is 9.59 Å². The van der Waals surface area contributed by atoms with E-state index in [2.05, 4.69) is 22.5 Å². The number of benzene rings is 2. The second-order valence-corrected chi connectivity index (χ2v) is 6.61. The van der Waals surface area contributed by atoms with Gasteiger partial charge in [-0.25, -0.2) is 0 Å². The quantitative estimate of drug-likeness (QED) is 0.586. The van der Waals surface area contributed by atoms with Gasteiger partial charge in [0, 0.05) is 28.8 Å². The van der Waals surface area contributed by atoms with Crippen LogP contribution in [0.3, 0.4) is 0 Å². The maximum absolute atomic E-state index is 12.7. The Morgan fingerprint density at radius 1 is 1.00 bits per heavy atom. The fourth-order valence-electron chi connectivity index (χ4n) is 2.97. The van der Waals surface area contributed by atoms with Crippen molar-refractivity contribution in [1.82, 2.24) is 4.98 Å². The summed E-state index contributed by atoms with van der Waals surface area (Å²) in [7, 11) is 0. The third-order valence-corrected chi connectivity index (χ3v) is 4.55. The van der Waals surface area contributed by atoms with Crippen LogP contribution in [-0.4, -0.2) is 16.7 Å². The van der Waals surface area contributed by atoms with Crippen molar-refractivity contribution < 1.29 is 9.59 Å². The van der Waals surface area contributed by atoms with E-state index < -0.39 is 0 Å². The van der Waals surface area contributed by atoms with Gasteiger partial charge < -0.3 is 10.6 Å². The number of Topliss-reactive ketones (excluding diaryl/α,β-unsaturated/α-hetero) is 1. The molecule has 1 aromatic heterocycles. The lowest BCUT2D eigenvalue weighted by Gasteiger charge is -2.13. The van der Waals surface area contributed by atoms with E-state index >= 15 is 0 Å². The summed E-state index contributed by atoms with van der Waals surface area (Å²) in [6.07, 6.45) is 2.43. The standard InChI is InChI=1S/C23H23N3O2/c1-4-17-7-5-6-15(2)22(17)26-23(28)21-14-20(12-13-24-21)25-19-10-8-18(9-11-19)16(3)27/h5-14H,4H2,1-3H3,(H,24,25)(H,26,28). The minimum atomic E-state index is -0.250. The number of rotatable bonds is 6. The molecule has 0 aliphatic heterocycles. The van der Waals surface area contributed by atoms with Crippen molar-refractivity contribution in [1.29, 1.82) is 0 Å². The van der Waals surface area contributed by atoms with Crippen molar-refractivity contribution >= 4 is 28.8 Å². The molecule has 0 aliphatic rings. The minimum absolute atomic E-state index is 0.0251. The van der Waals surface area contributed by atoms with Crippen molar-refractivity contribution in [2.75, 3.05) is 10.6 Å². The highest BCUT2D eigenvalue weighted by molar-refractivity contribution is 6.04. The topological polar surface area (TPSA) is 71.1 Å². The van der Waals surface area contributed by atoms with E-state index in [1.54, 1.807) is 30.5 Å². The summed E-state index contributed by atoms with van der Waals surface area (Å²) in [5.74, 6) is -0.225. The van der Waals surface area contributed by atoms with Gasteiger partial charge in [-0.1, -0.05) is 25.1 Å². The summed E-state index contributed by atoms with van der Waals surface area (Å²) in [4.78, 5) is 28.3. The Balaban J connectivity index is 1.77. The van der Waals surface area contributed by atoms with Gasteiger partial charge in [0.05, 0.1) is 0 Å². The number of amides is 1. The van der Waals surface area contributed by atoms with Crippen molar-refractivity contribution in [2.24, 2.45) is 0 Å². The van der Waals surface area contributed by atoms with Crippen LogP contribution in [0.25, 0.3) is 0 Å². The summed E-state index contributed by atoms with van der Waals surface area (Å²) in [6.45, 7) is 5.57. The van der Waals surface area contributed by atoms with Gasteiger partial charge in [0.15, 0.2) is 5.78 Å². The Morgan fingerprint density at radius 2 is 1.75 bits per heavy atom. The number of carbonyl (C=O) groups is 2. The number of pyridine rings is 1. The van der Waals surface area contributed by atoms with E-state index in [0.717, 1.165) is 34.6 Å². The Labute approximate surface area is 164 Å². The number of hydrogen-bond donors (Lipinski definition) is 2. The largest absolute Gasteiger partial charge is 0.355 e. The molecule has 0 saturated heterocycles. The van der Waals surface area contributed by atoms with Gasteiger partial charge in [-0.15, -0.1) is 0 Å². The molecule has 0 saturated carbocycles. The molecule has 1 amide bonds. The molecule has 3 rings (SSSR count). The zero-order valence-corrected chi connectivity index (χ0v) is 16.2. The molecule has 5 heteroatoms. The molecule has 28 heavy (non-hydrogen) atoms. The second-order valence-electron chi connectivity index (χ2n) is 6.61. The Morgan fingerprint density at radius 3 is 2.43 bits per heavy atom. The first-order valence-corrected chi connectivity index (χ1v) is 9.22. The monoisotopic (exact) mass is 373 g/mol. The lowest BCUT2D eigenvalue weighted by atomic mass is 10.1. The third kappa shape index (κ3) is 4.43. The highest BCUT2D eigenvalue weighted by Crippen LogP contribution is 2.23. The Kier molecular flexibility index (Phi) is 5.84. The van der Waals surface area contributed by atoms with Crippen molar-refractivity contribution in [2.45, 2.75) is 27.2 Å². The molecule has 1 heterocycles. The molecular formula is C23H23N3O2. The van der Waals surface area contributed by atoms with E-state index in [0.29, 0.717) is 11.3 Å².